The number of morpholine rings is 1. The van der Waals surface area contributed by atoms with E-state index in [-0.39, 0.29) is 12.0 Å². The lowest BCUT2D eigenvalue weighted by molar-refractivity contribution is -0.110. The molecule has 0 unspecified atom stereocenters. The predicted octanol–water partition coefficient (Wildman–Crippen LogP) is 2.52. The van der Waals surface area contributed by atoms with Crippen LogP contribution in [0, 0.1) is 0 Å². The second-order valence-corrected chi connectivity index (χ2v) is 7.06. The summed E-state index contributed by atoms with van der Waals surface area (Å²) in [4.78, 5) is 22.5. The summed E-state index contributed by atoms with van der Waals surface area (Å²) in [6, 6.07) is 5.66. The molecule has 1 aromatic carbocycles. The molecule has 0 atom stereocenters. The van der Waals surface area contributed by atoms with Gasteiger partial charge in [0.15, 0.2) is 0 Å². The fourth-order valence-corrected chi connectivity index (χ4v) is 3.31. The number of ether oxygens (including phenoxy) is 2. The fourth-order valence-electron chi connectivity index (χ4n) is 3.31. The lowest BCUT2D eigenvalue weighted by Crippen LogP contribution is -2.35. The van der Waals surface area contributed by atoms with Crippen LogP contribution in [0.15, 0.2) is 24.4 Å². The molecule has 1 amide bonds. The van der Waals surface area contributed by atoms with Crippen LogP contribution >= 0.6 is 0 Å². The molecule has 7 nitrogen and oxygen atoms in total. The smallest absolute Gasteiger partial charge is 0.256 e. The van der Waals surface area contributed by atoms with Gasteiger partial charge in [0.2, 0.25) is 0 Å². The lowest BCUT2D eigenvalue weighted by Gasteiger charge is -2.25. The van der Waals surface area contributed by atoms with Gasteiger partial charge in [-0.25, -0.2) is 4.98 Å². The highest BCUT2D eigenvalue weighted by Crippen LogP contribution is 2.35. The number of aromatic amines is 1. The number of imidazole rings is 1. The number of rotatable bonds is 5. The average molecular weight is 368 g/mol. The minimum Gasteiger partial charge on any atom is -0.491 e. The van der Waals surface area contributed by atoms with Crippen molar-refractivity contribution in [2.75, 3.05) is 31.6 Å². The maximum absolute atomic E-state index is 12.4. The van der Waals surface area contributed by atoms with Gasteiger partial charge in [0.05, 0.1) is 43.3 Å². The Balaban J connectivity index is 1.55. The molecular formula is C20H24N4O3. The third kappa shape index (κ3) is 4.04. The van der Waals surface area contributed by atoms with Crippen molar-refractivity contribution in [3.8, 4) is 5.75 Å². The number of nitrogens with zero attached hydrogens (tertiary/aromatic N) is 2. The average Bonchev–Trinajstić information content (AvgIpc) is 3.20. The van der Waals surface area contributed by atoms with Crippen LogP contribution in [-0.4, -0.2) is 53.2 Å². The SMILES string of the molecule is CC(C)Oc1ccc2c(c1)C(=Cc1cnc(CN3CCOCC3)[nH]1)C(=O)N2. The number of hydrogen-bond donors (Lipinski definition) is 2. The first kappa shape index (κ1) is 17.8. The van der Waals surface area contributed by atoms with E-state index in [1.165, 1.54) is 0 Å². The Kier molecular flexibility index (Phi) is 4.96. The second kappa shape index (κ2) is 7.54. The lowest BCUT2D eigenvalue weighted by atomic mass is 10.1. The third-order valence-electron chi connectivity index (χ3n) is 4.57. The van der Waals surface area contributed by atoms with E-state index in [0.29, 0.717) is 5.57 Å². The Morgan fingerprint density at radius 1 is 1.33 bits per heavy atom. The van der Waals surface area contributed by atoms with Crippen molar-refractivity contribution in [3.05, 3.63) is 41.5 Å². The summed E-state index contributed by atoms with van der Waals surface area (Å²) < 4.78 is 11.1. The highest BCUT2D eigenvalue weighted by Gasteiger charge is 2.25. The largest absolute Gasteiger partial charge is 0.491 e. The molecule has 4 rings (SSSR count). The zero-order valence-electron chi connectivity index (χ0n) is 15.6. The van der Waals surface area contributed by atoms with Crippen LogP contribution in [-0.2, 0) is 16.1 Å². The number of H-pyrrole nitrogens is 1. The van der Waals surface area contributed by atoms with Crippen molar-refractivity contribution in [1.82, 2.24) is 14.9 Å². The van der Waals surface area contributed by atoms with Gasteiger partial charge in [-0.2, -0.15) is 0 Å². The number of carbonyl (C=O) groups excluding carboxylic acids is 1. The fraction of sp³-hybridized carbons (Fsp3) is 0.400. The Morgan fingerprint density at radius 2 is 2.15 bits per heavy atom. The van der Waals surface area contributed by atoms with Crippen molar-refractivity contribution >= 4 is 23.2 Å². The van der Waals surface area contributed by atoms with Gasteiger partial charge in [-0.1, -0.05) is 0 Å². The molecule has 2 aliphatic rings. The number of anilines is 1. The molecule has 2 N–H and O–H groups in total. The summed E-state index contributed by atoms with van der Waals surface area (Å²) >= 11 is 0. The van der Waals surface area contributed by atoms with Crippen molar-refractivity contribution in [2.45, 2.75) is 26.5 Å². The molecule has 0 radical (unpaired) electrons. The minimum absolute atomic E-state index is 0.0795. The highest BCUT2D eigenvalue weighted by atomic mass is 16.5. The Hall–Kier alpha value is -2.64. The summed E-state index contributed by atoms with van der Waals surface area (Å²) in [5, 5.41) is 2.90. The van der Waals surface area contributed by atoms with E-state index in [1.807, 2.05) is 38.1 Å². The van der Waals surface area contributed by atoms with Gasteiger partial charge in [-0.15, -0.1) is 0 Å². The summed E-state index contributed by atoms with van der Waals surface area (Å²) in [5.41, 5.74) is 3.07. The second-order valence-electron chi connectivity index (χ2n) is 7.06. The van der Waals surface area contributed by atoms with E-state index in [4.69, 9.17) is 9.47 Å². The number of fused-ring (bicyclic) bond motifs is 1. The Morgan fingerprint density at radius 3 is 2.93 bits per heavy atom. The van der Waals surface area contributed by atoms with Crippen molar-refractivity contribution in [2.24, 2.45) is 0 Å². The topological polar surface area (TPSA) is 79.5 Å². The summed E-state index contributed by atoms with van der Waals surface area (Å²) in [5.74, 6) is 1.53. The van der Waals surface area contributed by atoms with Gasteiger partial charge >= 0.3 is 0 Å². The molecule has 1 saturated heterocycles. The van der Waals surface area contributed by atoms with Crippen LogP contribution < -0.4 is 10.1 Å². The van der Waals surface area contributed by atoms with Gasteiger partial charge in [-0.3, -0.25) is 9.69 Å². The van der Waals surface area contributed by atoms with Gasteiger partial charge in [0.1, 0.15) is 11.6 Å². The van der Waals surface area contributed by atoms with E-state index < -0.39 is 0 Å². The number of hydrogen-bond acceptors (Lipinski definition) is 5. The van der Waals surface area contributed by atoms with Crippen LogP contribution in [0.4, 0.5) is 5.69 Å². The zero-order chi connectivity index (χ0) is 18.8. The molecule has 1 aromatic heterocycles. The maximum Gasteiger partial charge on any atom is 0.256 e. The number of amides is 1. The molecule has 2 aliphatic heterocycles. The first-order chi connectivity index (χ1) is 13.1. The highest BCUT2D eigenvalue weighted by molar-refractivity contribution is 6.34. The molecule has 142 valence electrons. The van der Waals surface area contributed by atoms with Gasteiger partial charge in [0.25, 0.3) is 5.91 Å². The van der Waals surface area contributed by atoms with Gasteiger partial charge < -0.3 is 19.8 Å². The molecule has 0 spiro atoms. The number of benzene rings is 1. The van der Waals surface area contributed by atoms with E-state index >= 15 is 0 Å². The number of aromatic nitrogens is 2. The van der Waals surface area contributed by atoms with Crippen LogP contribution in [0.5, 0.6) is 5.75 Å². The Labute approximate surface area is 158 Å². The molecule has 0 saturated carbocycles. The Bertz CT molecular complexity index is 866. The van der Waals surface area contributed by atoms with Crippen LogP contribution in [0.25, 0.3) is 11.6 Å². The van der Waals surface area contributed by atoms with Crippen molar-refractivity contribution in [3.63, 3.8) is 0 Å². The van der Waals surface area contributed by atoms with Crippen molar-refractivity contribution in [1.29, 1.82) is 0 Å². The molecule has 1 fully saturated rings. The minimum atomic E-state index is -0.115. The molecule has 2 aromatic rings. The number of nitrogens with one attached hydrogen (secondary N) is 2. The third-order valence-corrected chi connectivity index (χ3v) is 4.57. The van der Waals surface area contributed by atoms with Crippen LogP contribution in [0.2, 0.25) is 0 Å². The molecule has 0 aliphatic carbocycles. The number of carbonyl (C=O) groups is 1. The van der Waals surface area contributed by atoms with Gasteiger partial charge in [0, 0.05) is 24.3 Å². The zero-order valence-corrected chi connectivity index (χ0v) is 15.6. The standard InChI is InChI=1S/C20H24N4O3/c1-13(2)27-15-3-4-18-16(10-15)17(20(25)23-18)9-14-11-21-19(22-14)12-24-5-7-26-8-6-24/h3-4,9-11,13H,5-8,12H2,1-2H3,(H,21,22)(H,23,25). The molecule has 27 heavy (non-hydrogen) atoms. The first-order valence-corrected chi connectivity index (χ1v) is 9.26. The molecular weight excluding hydrogens is 344 g/mol. The summed E-state index contributed by atoms with van der Waals surface area (Å²) in [6.45, 7) is 8.05. The molecule has 7 heteroatoms. The monoisotopic (exact) mass is 368 g/mol. The van der Waals surface area contributed by atoms with E-state index in [9.17, 15) is 4.79 Å². The van der Waals surface area contributed by atoms with Crippen LogP contribution in [0.1, 0.15) is 30.9 Å². The first-order valence-electron chi connectivity index (χ1n) is 9.26. The quantitative estimate of drug-likeness (QED) is 0.793. The van der Waals surface area contributed by atoms with Crippen LogP contribution in [0.3, 0.4) is 0 Å². The predicted molar refractivity (Wildman–Crippen MR) is 103 cm³/mol. The van der Waals surface area contributed by atoms with E-state index in [1.54, 1.807) is 6.20 Å². The van der Waals surface area contributed by atoms with Crippen molar-refractivity contribution < 1.29 is 14.3 Å². The summed E-state index contributed by atoms with van der Waals surface area (Å²) in [6.07, 6.45) is 3.69. The van der Waals surface area contributed by atoms with E-state index in [0.717, 1.165) is 61.4 Å². The molecule has 3 heterocycles. The van der Waals surface area contributed by atoms with Gasteiger partial charge in [-0.05, 0) is 38.1 Å². The normalized spacial score (nSPS) is 18.8. The molecule has 0 bridgehead atoms. The van der Waals surface area contributed by atoms with E-state index in [2.05, 4.69) is 20.2 Å². The summed E-state index contributed by atoms with van der Waals surface area (Å²) in [7, 11) is 0. The maximum atomic E-state index is 12.4.